The highest BCUT2D eigenvalue weighted by Crippen LogP contribution is 2.27. The average Bonchev–Trinajstić information content (AvgIpc) is 2.86. The number of aromatic nitrogens is 2. The molecule has 3 N–H and O–H groups in total. The van der Waals surface area contributed by atoms with E-state index < -0.39 is 0 Å². The molecule has 6 heteroatoms. The summed E-state index contributed by atoms with van der Waals surface area (Å²) in [6.45, 7) is 2.06. The molecule has 0 aliphatic heterocycles. The first-order valence-corrected chi connectivity index (χ1v) is 10.9. The van der Waals surface area contributed by atoms with Crippen LogP contribution in [0.25, 0.3) is 10.9 Å². The second kappa shape index (κ2) is 9.42. The number of carbonyl (C=O) groups excluding carboxylic acids is 1. The van der Waals surface area contributed by atoms with Crippen LogP contribution in [-0.2, 0) is 0 Å². The zero-order valence-corrected chi connectivity index (χ0v) is 18.6. The molecule has 0 aliphatic carbocycles. The molecule has 0 bridgehead atoms. The SMILES string of the molecule is Cc1ccc2nccc(Nc3cccc(NC(=O)c4ccc(Nc5ccncc5)cc4)c3)c2c1. The quantitative estimate of drug-likeness (QED) is 0.272. The van der Waals surface area contributed by atoms with Gasteiger partial charge in [0.2, 0.25) is 0 Å². The molecule has 166 valence electrons. The van der Waals surface area contributed by atoms with E-state index in [2.05, 4.69) is 45.0 Å². The molecule has 6 nitrogen and oxygen atoms in total. The third-order valence-electron chi connectivity index (χ3n) is 5.41. The van der Waals surface area contributed by atoms with Gasteiger partial charge in [0.15, 0.2) is 0 Å². The summed E-state index contributed by atoms with van der Waals surface area (Å²) in [5, 5.41) is 10.8. The Kier molecular flexibility index (Phi) is 5.86. The van der Waals surface area contributed by atoms with Crippen molar-refractivity contribution < 1.29 is 4.79 Å². The largest absolute Gasteiger partial charge is 0.355 e. The van der Waals surface area contributed by atoms with Crippen molar-refractivity contribution in [2.24, 2.45) is 0 Å². The molecule has 0 radical (unpaired) electrons. The maximum atomic E-state index is 12.8. The summed E-state index contributed by atoms with van der Waals surface area (Å²) >= 11 is 0. The summed E-state index contributed by atoms with van der Waals surface area (Å²) < 4.78 is 0. The number of anilines is 5. The highest BCUT2D eigenvalue weighted by atomic mass is 16.1. The third kappa shape index (κ3) is 4.86. The van der Waals surface area contributed by atoms with Crippen LogP contribution in [0.4, 0.5) is 28.4 Å². The van der Waals surface area contributed by atoms with Gasteiger partial charge in [-0.3, -0.25) is 14.8 Å². The van der Waals surface area contributed by atoms with E-state index in [4.69, 9.17) is 0 Å². The Bertz CT molecular complexity index is 1450. The Labute approximate surface area is 197 Å². The van der Waals surface area contributed by atoms with E-state index in [0.717, 1.165) is 33.7 Å². The minimum atomic E-state index is -0.169. The van der Waals surface area contributed by atoms with Gasteiger partial charge in [0.25, 0.3) is 5.91 Å². The fourth-order valence-corrected chi connectivity index (χ4v) is 3.71. The monoisotopic (exact) mass is 445 g/mol. The Morgan fingerprint density at radius 2 is 1.47 bits per heavy atom. The molecule has 2 aromatic heterocycles. The van der Waals surface area contributed by atoms with Gasteiger partial charge in [-0.1, -0.05) is 17.7 Å². The lowest BCUT2D eigenvalue weighted by Crippen LogP contribution is -2.11. The van der Waals surface area contributed by atoms with Gasteiger partial charge in [0, 0.05) is 58.0 Å². The van der Waals surface area contributed by atoms with Crippen LogP contribution in [0.2, 0.25) is 0 Å². The van der Waals surface area contributed by atoms with Gasteiger partial charge in [-0.05, 0) is 79.7 Å². The van der Waals surface area contributed by atoms with Crippen LogP contribution >= 0.6 is 0 Å². The van der Waals surface area contributed by atoms with Crippen LogP contribution in [0.1, 0.15) is 15.9 Å². The van der Waals surface area contributed by atoms with Gasteiger partial charge in [-0.25, -0.2) is 0 Å². The molecular weight excluding hydrogens is 422 g/mol. The number of pyridine rings is 2. The van der Waals surface area contributed by atoms with E-state index in [1.807, 2.05) is 60.7 Å². The van der Waals surface area contributed by atoms with Crippen LogP contribution < -0.4 is 16.0 Å². The molecule has 1 amide bonds. The van der Waals surface area contributed by atoms with E-state index in [9.17, 15) is 4.79 Å². The van der Waals surface area contributed by atoms with Crippen molar-refractivity contribution in [3.8, 4) is 0 Å². The number of aryl methyl sites for hydroxylation is 1. The molecule has 0 aliphatic rings. The summed E-state index contributed by atoms with van der Waals surface area (Å²) in [5.74, 6) is -0.169. The molecule has 3 aromatic carbocycles. The highest BCUT2D eigenvalue weighted by molar-refractivity contribution is 6.04. The molecule has 34 heavy (non-hydrogen) atoms. The highest BCUT2D eigenvalue weighted by Gasteiger charge is 2.08. The number of fused-ring (bicyclic) bond motifs is 1. The van der Waals surface area contributed by atoms with E-state index >= 15 is 0 Å². The number of hydrogen-bond donors (Lipinski definition) is 3. The van der Waals surface area contributed by atoms with E-state index in [0.29, 0.717) is 11.3 Å². The first kappa shape index (κ1) is 21.2. The topological polar surface area (TPSA) is 78.9 Å². The standard InChI is InChI=1S/C28H23N5O/c1-19-5-10-26-25(17-19)27(13-16-30-26)32-23-3-2-4-24(18-23)33-28(34)20-6-8-21(9-7-20)31-22-11-14-29-15-12-22/h2-18H,1H3,(H,29,31)(H,30,32)(H,33,34). The summed E-state index contributed by atoms with van der Waals surface area (Å²) in [6, 6.07) is 26.9. The number of amides is 1. The van der Waals surface area contributed by atoms with Crippen molar-refractivity contribution >= 4 is 45.2 Å². The van der Waals surface area contributed by atoms with E-state index in [-0.39, 0.29) is 5.91 Å². The normalized spacial score (nSPS) is 10.6. The molecule has 0 fully saturated rings. The summed E-state index contributed by atoms with van der Waals surface area (Å²) in [6.07, 6.45) is 5.25. The first-order valence-electron chi connectivity index (χ1n) is 10.9. The minimum absolute atomic E-state index is 0.169. The van der Waals surface area contributed by atoms with Crippen molar-refractivity contribution in [1.82, 2.24) is 9.97 Å². The molecule has 0 spiro atoms. The predicted octanol–water partition coefficient (Wildman–Crippen LogP) is 6.68. The molecule has 0 saturated carbocycles. The maximum absolute atomic E-state index is 12.8. The number of carbonyl (C=O) groups is 1. The van der Waals surface area contributed by atoms with Crippen molar-refractivity contribution in [3.63, 3.8) is 0 Å². The fraction of sp³-hybridized carbons (Fsp3) is 0.0357. The van der Waals surface area contributed by atoms with Crippen molar-refractivity contribution in [3.05, 3.63) is 115 Å². The molecule has 0 atom stereocenters. The van der Waals surface area contributed by atoms with Crippen LogP contribution in [-0.4, -0.2) is 15.9 Å². The Balaban J connectivity index is 1.29. The number of hydrogen-bond acceptors (Lipinski definition) is 5. The number of benzene rings is 3. The second-order valence-corrected chi connectivity index (χ2v) is 7.98. The second-order valence-electron chi connectivity index (χ2n) is 7.98. The van der Waals surface area contributed by atoms with Gasteiger partial charge in [0.05, 0.1) is 5.52 Å². The van der Waals surface area contributed by atoms with E-state index in [1.54, 1.807) is 30.7 Å². The molecule has 5 rings (SSSR count). The third-order valence-corrected chi connectivity index (χ3v) is 5.41. The average molecular weight is 446 g/mol. The predicted molar refractivity (Wildman–Crippen MR) is 138 cm³/mol. The molecule has 0 unspecified atom stereocenters. The lowest BCUT2D eigenvalue weighted by Gasteiger charge is -2.12. The minimum Gasteiger partial charge on any atom is -0.355 e. The van der Waals surface area contributed by atoms with Crippen LogP contribution in [0.3, 0.4) is 0 Å². The molecule has 0 saturated heterocycles. The number of nitrogens with one attached hydrogen (secondary N) is 3. The van der Waals surface area contributed by atoms with Crippen molar-refractivity contribution in [2.75, 3.05) is 16.0 Å². The molecular formula is C28H23N5O. The van der Waals surface area contributed by atoms with Crippen LogP contribution in [0.15, 0.2) is 104 Å². The Morgan fingerprint density at radius 1 is 0.706 bits per heavy atom. The fourth-order valence-electron chi connectivity index (χ4n) is 3.71. The van der Waals surface area contributed by atoms with Gasteiger partial charge < -0.3 is 16.0 Å². The number of rotatable bonds is 6. The van der Waals surface area contributed by atoms with Crippen molar-refractivity contribution in [1.29, 1.82) is 0 Å². The van der Waals surface area contributed by atoms with Gasteiger partial charge >= 0.3 is 0 Å². The van der Waals surface area contributed by atoms with Gasteiger partial charge in [0.1, 0.15) is 0 Å². The zero-order chi connectivity index (χ0) is 23.3. The summed E-state index contributed by atoms with van der Waals surface area (Å²) in [5.41, 5.74) is 7.08. The van der Waals surface area contributed by atoms with E-state index in [1.165, 1.54) is 5.56 Å². The smallest absolute Gasteiger partial charge is 0.255 e. The molecule has 5 aromatic rings. The Morgan fingerprint density at radius 3 is 2.29 bits per heavy atom. The Hall–Kier alpha value is -4.71. The lowest BCUT2D eigenvalue weighted by atomic mass is 10.1. The zero-order valence-electron chi connectivity index (χ0n) is 18.6. The van der Waals surface area contributed by atoms with Gasteiger partial charge in [-0.2, -0.15) is 0 Å². The first-order chi connectivity index (χ1) is 16.6. The molecule has 2 heterocycles. The van der Waals surface area contributed by atoms with Crippen molar-refractivity contribution in [2.45, 2.75) is 6.92 Å². The van der Waals surface area contributed by atoms with Crippen LogP contribution in [0, 0.1) is 6.92 Å². The van der Waals surface area contributed by atoms with Crippen LogP contribution in [0.5, 0.6) is 0 Å². The number of nitrogens with zero attached hydrogens (tertiary/aromatic N) is 2. The maximum Gasteiger partial charge on any atom is 0.255 e. The lowest BCUT2D eigenvalue weighted by molar-refractivity contribution is 0.102. The summed E-state index contributed by atoms with van der Waals surface area (Å²) in [7, 11) is 0. The van der Waals surface area contributed by atoms with Gasteiger partial charge in [-0.15, -0.1) is 0 Å². The summed E-state index contributed by atoms with van der Waals surface area (Å²) in [4.78, 5) is 21.2.